The maximum Gasteiger partial charge on any atom is 0.321 e. The summed E-state index contributed by atoms with van der Waals surface area (Å²) in [6.07, 6.45) is 3.46. The van der Waals surface area contributed by atoms with Crippen LogP contribution in [0.5, 0.6) is 0 Å². The fourth-order valence-corrected chi connectivity index (χ4v) is 1.53. The quantitative estimate of drug-likeness (QED) is 0.613. The fourth-order valence-electron chi connectivity index (χ4n) is 1.53. The van der Waals surface area contributed by atoms with Gasteiger partial charge < -0.3 is 9.47 Å². The molecule has 0 N–H and O–H groups in total. The Morgan fingerprint density at radius 2 is 2.00 bits per heavy atom. The molecule has 1 unspecified atom stereocenters. The van der Waals surface area contributed by atoms with Gasteiger partial charge in [-0.15, -0.1) is 0 Å². The first-order valence-corrected chi connectivity index (χ1v) is 6.03. The molecule has 0 amide bonds. The third-order valence-corrected chi connectivity index (χ3v) is 2.34. The third-order valence-electron chi connectivity index (χ3n) is 2.34. The molecule has 104 valence electrons. The molecule has 19 heavy (non-hydrogen) atoms. The number of esters is 2. The van der Waals surface area contributed by atoms with Crippen molar-refractivity contribution in [2.75, 3.05) is 7.11 Å². The average molecular weight is 265 g/mol. The number of aromatic nitrogens is 1. The number of nitrogens with zero attached hydrogens (tertiary/aromatic N) is 1. The standard InChI is InChI=1S/C14H19NO4/c1-14(2,3)19-13(17)11(12(16)18-4)8-10-6-5-7-15-9-10/h5-7,9,11H,8H2,1-4H3. The lowest BCUT2D eigenvalue weighted by atomic mass is 10.0. The van der Waals surface area contributed by atoms with Gasteiger partial charge in [0.25, 0.3) is 0 Å². The van der Waals surface area contributed by atoms with Crippen LogP contribution in [-0.4, -0.2) is 29.6 Å². The van der Waals surface area contributed by atoms with Gasteiger partial charge in [0.05, 0.1) is 7.11 Å². The molecule has 1 rings (SSSR count). The van der Waals surface area contributed by atoms with Crippen LogP contribution in [-0.2, 0) is 25.5 Å². The zero-order valence-electron chi connectivity index (χ0n) is 11.7. The van der Waals surface area contributed by atoms with Crippen LogP contribution in [0.4, 0.5) is 0 Å². The van der Waals surface area contributed by atoms with E-state index < -0.39 is 23.5 Å². The van der Waals surface area contributed by atoms with E-state index in [1.807, 2.05) is 0 Å². The Bertz CT molecular complexity index is 437. The molecular formula is C14H19NO4. The molecule has 0 aromatic carbocycles. The lowest BCUT2D eigenvalue weighted by molar-refractivity contribution is -0.168. The van der Waals surface area contributed by atoms with Crippen LogP contribution in [0, 0.1) is 5.92 Å². The highest BCUT2D eigenvalue weighted by molar-refractivity contribution is 5.95. The summed E-state index contributed by atoms with van der Waals surface area (Å²) in [5.41, 5.74) is 0.141. The molecule has 0 saturated heterocycles. The van der Waals surface area contributed by atoms with E-state index in [4.69, 9.17) is 4.74 Å². The van der Waals surface area contributed by atoms with E-state index in [1.165, 1.54) is 7.11 Å². The van der Waals surface area contributed by atoms with E-state index in [2.05, 4.69) is 9.72 Å². The van der Waals surface area contributed by atoms with E-state index in [0.717, 1.165) is 5.56 Å². The van der Waals surface area contributed by atoms with Gasteiger partial charge in [0.2, 0.25) is 0 Å². The molecule has 0 radical (unpaired) electrons. The molecule has 1 aromatic heterocycles. The summed E-state index contributed by atoms with van der Waals surface area (Å²) in [6, 6.07) is 3.55. The highest BCUT2D eigenvalue weighted by Crippen LogP contribution is 2.16. The van der Waals surface area contributed by atoms with Gasteiger partial charge in [0.15, 0.2) is 5.92 Å². The second-order valence-corrected chi connectivity index (χ2v) is 5.17. The molecule has 0 aliphatic rings. The van der Waals surface area contributed by atoms with Gasteiger partial charge in [-0.1, -0.05) is 6.07 Å². The number of carbonyl (C=O) groups is 2. The maximum absolute atomic E-state index is 12.0. The Morgan fingerprint density at radius 1 is 1.32 bits per heavy atom. The monoisotopic (exact) mass is 265 g/mol. The Balaban J connectivity index is 2.84. The third kappa shape index (κ3) is 5.07. The number of ether oxygens (including phenoxy) is 2. The fraction of sp³-hybridized carbons (Fsp3) is 0.500. The molecule has 5 heteroatoms. The van der Waals surface area contributed by atoms with Gasteiger partial charge in [-0.3, -0.25) is 14.6 Å². The normalized spacial score (nSPS) is 12.6. The predicted octanol–water partition coefficient (Wildman–Crippen LogP) is 1.75. The molecule has 0 spiro atoms. The second kappa shape index (κ2) is 6.31. The Morgan fingerprint density at radius 3 is 2.47 bits per heavy atom. The summed E-state index contributed by atoms with van der Waals surface area (Å²) in [4.78, 5) is 27.7. The topological polar surface area (TPSA) is 65.5 Å². The summed E-state index contributed by atoms with van der Waals surface area (Å²) in [7, 11) is 1.25. The van der Waals surface area contributed by atoms with Crippen molar-refractivity contribution in [1.29, 1.82) is 0 Å². The molecular weight excluding hydrogens is 246 g/mol. The largest absolute Gasteiger partial charge is 0.468 e. The van der Waals surface area contributed by atoms with E-state index in [0.29, 0.717) is 0 Å². The molecule has 0 aliphatic heterocycles. The van der Waals surface area contributed by atoms with Crippen molar-refractivity contribution in [3.63, 3.8) is 0 Å². The number of methoxy groups -OCH3 is 1. The van der Waals surface area contributed by atoms with Gasteiger partial charge in [0.1, 0.15) is 5.60 Å². The lowest BCUT2D eigenvalue weighted by Crippen LogP contribution is -2.34. The first kappa shape index (κ1) is 15.1. The van der Waals surface area contributed by atoms with Crippen molar-refractivity contribution in [2.24, 2.45) is 5.92 Å². The summed E-state index contributed by atoms with van der Waals surface area (Å²) < 4.78 is 9.89. The van der Waals surface area contributed by atoms with Gasteiger partial charge in [0, 0.05) is 12.4 Å². The highest BCUT2D eigenvalue weighted by Gasteiger charge is 2.32. The zero-order chi connectivity index (χ0) is 14.5. The van der Waals surface area contributed by atoms with Crippen molar-refractivity contribution in [3.05, 3.63) is 30.1 Å². The number of hydrogen-bond acceptors (Lipinski definition) is 5. The summed E-state index contributed by atoms with van der Waals surface area (Å²) in [6.45, 7) is 5.26. The minimum Gasteiger partial charge on any atom is -0.468 e. The minimum atomic E-state index is -0.964. The van der Waals surface area contributed by atoms with Crippen LogP contribution < -0.4 is 0 Å². The smallest absolute Gasteiger partial charge is 0.321 e. The SMILES string of the molecule is COC(=O)C(Cc1cccnc1)C(=O)OC(C)(C)C. The first-order valence-electron chi connectivity index (χ1n) is 6.03. The summed E-state index contributed by atoms with van der Waals surface area (Å²) in [5, 5.41) is 0. The van der Waals surface area contributed by atoms with Crippen LogP contribution in [0.2, 0.25) is 0 Å². The van der Waals surface area contributed by atoms with E-state index in [-0.39, 0.29) is 6.42 Å². The van der Waals surface area contributed by atoms with E-state index in [1.54, 1.807) is 45.3 Å². The van der Waals surface area contributed by atoms with Gasteiger partial charge >= 0.3 is 11.9 Å². The Kier molecular flexibility index (Phi) is 5.03. The molecule has 0 aliphatic carbocycles. The predicted molar refractivity (Wildman–Crippen MR) is 69.3 cm³/mol. The zero-order valence-corrected chi connectivity index (χ0v) is 11.7. The van der Waals surface area contributed by atoms with E-state index >= 15 is 0 Å². The van der Waals surface area contributed by atoms with Crippen molar-refractivity contribution in [3.8, 4) is 0 Å². The van der Waals surface area contributed by atoms with Crippen LogP contribution >= 0.6 is 0 Å². The van der Waals surface area contributed by atoms with Crippen molar-refractivity contribution in [2.45, 2.75) is 32.8 Å². The second-order valence-electron chi connectivity index (χ2n) is 5.17. The van der Waals surface area contributed by atoms with E-state index in [9.17, 15) is 9.59 Å². The van der Waals surface area contributed by atoms with Crippen molar-refractivity contribution < 1.29 is 19.1 Å². The number of carbonyl (C=O) groups excluding carboxylic acids is 2. The van der Waals surface area contributed by atoms with Crippen LogP contribution in [0.1, 0.15) is 26.3 Å². The van der Waals surface area contributed by atoms with Gasteiger partial charge in [-0.05, 0) is 38.8 Å². The molecule has 0 saturated carbocycles. The minimum absolute atomic E-state index is 0.218. The van der Waals surface area contributed by atoms with Crippen LogP contribution in [0.3, 0.4) is 0 Å². The van der Waals surface area contributed by atoms with Crippen LogP contribution in [0.25, 0.3) is 0 Å². The average Bonchev–Trinajstić information content (AvgIpc) is 2.34. The lowest BCUT2D eigenvalue weighted by Gasteiger charge is -2.22. The van der Waals surface area contributed by atoms with Gasteiger partial charge in [-0.25, -0.2) is 0 Å². The van der Waals surface area contributed by atoms with Gasteiger partial charge in [-0.2, -0.15) is 0 Å². The molecule has 1 atom stereocenters. The number of pyridine rings is 1. The Labute approximate surface area is 112 Å². The number of rotatable bonds is 4. The van der Waals surface area contributed by atoms with Crippen molar-refractivity contribution in [1.82, 2.24) is 4.98 Å². The number of hydrogen-bond donors (Lipinski definition) is 0. The van der Waals surface area contributed by atoms with Crippen LogP contribution in [0.15, 0.2) is 24.5 Å². The summed E-state index contributed by atoms with van der Waals surface area (Å²) in [5.74, 6) is -2.14. The molecule has 1 aromatic rings. The molecule has 0 bridgehead atoms. The molecule has 1 heterocycles. The van der Waals surface area contributed by atoms with Crippen molar-refractivity contribution >= 4 is 11.9 Å². The molecule has 5 nitrogen and oxygen atoms in total. The Hall–Kier alpha value is -1.91. The highest BCUT2D eigenvalue weighted by atomic mass is 16.6. The molecule has 0 fully saturated rings. The first-order chi connectivity index (χ1) is 8.83. The summed E-state index contributed by atoms with van der Waals surface area (Å²) >= 11 is 0. The maximum atomic E-state index is 12.0.